The lowest BCUT2D eigenvalue weighted by Gasteiger charge is -2.11. The van der Waals surface area contributed by atoms with E-state index in [0.717, 1.165) is 38.8 Å². The molecule has 0 aliphatic carbocycles. The average molecular weight is 304 g/mol. The van der Waals surface area contributed by atoms with E-state index in [1.807, 2.05) is 70.3 Å². The van der Waals surface area contributed by atoms with Gasteiger partial charge in [0.1, 0.15) is 0 Å². The highest BCUT2D eigenvalue weighted by Crippen LogP contribution is 2.26. The van der Waals surface area contributed by atoms with Crippen LogP contribution in [0, 0.1) is 20.8 Å². The van der Waals surface area contributed by atoms with Gasteiger partial charge in [0.15, 0.2) is 0 Å². The van der Waals surface area contributed by atoms with Gasteiger partial charge in [0, 0.05) is 23.4 Å². The normalized spacial score (nSPS) is 11.5. The number of fused-ring (bicyclic) bond motifs is 1. The summed E-state index contributed by atoms with van der Waals surface area (Å²) in [4.78, 5) is 17.4. The lowest BCUT2D eigenvalue weighted by molar-refractivity contribution is 0.0964. The quantitative estimate of drug-likeness (QED) is 0.615. The topological polar surface area (TPSA) is 34.4 Å². The molecule has 3 nitrogen and oxygen atoms in total. The van der Waals surface area contributed by atoms with Crippen LogP contribution in [0.4, 0.5) is 5.69 Å². The van der Waals surface area contributed by atoms with E-state index in [1.54, 1.807) is 10.8 Å². The Morgan fingerprint density at radius 2 is 1.83 bits per heavy atom. The van der Waals surface area contributed by atoms with Crippen molar-refractivity contribution in [2.75, 3.05) is 0 Å². The number of aliphatic imine (C=N–C) groups is 1. The van der Waals surface area contributed by atoms with Gasteiger partial charge in [0.05, 0.1) is 11.2 Å². The van der Waals surface area contributed by atoms with Crippen molar-refractivity contribution >= 4 is 28.7 Å². The van der Waals surface area contributed by atoms with Crippen molar-refractivity contribution in [3.8, 4) is 0 Å². The van der Waals surface area contributed by atoms with E-state index in [9.17, 15) is 4.79 Å². The molecule has 0 saturated heterocycles. The van der Waals surface area contributed by atoms with Gasteiger partial charge in [-0.1, -0.05) is 18.2 Å². The minimum atomic E-state index is 0.00179. The standard InChI is InChI=1S/C20H20N2O/c1-5-21-18-12-14(3)17(11-15(18)4)20(23)22-10-9-16-8-6-7-13(2)19(16)22/h5-12H,1-4H3/b21-5+. The number of aromatic nitrogens is 1. The van der Waals surface area contributed by atoms with Crippen molar-refractivity contribution in [2.24, 2.45) is 4.99 Å². The second-order valence-electron chi connectivity index (χ2n) is 5.84. The molecule has 0 saturated carbocycles. The summed E-state index contributed by atoms with van der Waals surface area (Å²) >= 11 is 0. The third-order valence-corrected chi connectivity index (χ3v) is 4.17. The highest BCUT2D eigenvalue weighted by Gasteiger charge is 2.16. The second kappa shape index (κ2) is 5.84. The molecule has 0 aliphatic rings. The number of para-hydroxylation sites is 1. The van der Waals surface area contributed by atoms with E-state index < -0.39 is 0 Å². The lowest BCUT2D eigenvalue weighted by atomic mass is 10.0. The van der Waals surface area contributed by atoms with Gasteiger partial charge in [-0.3, -0.25) is 14.4 Å². The summed E-state index contributed by atoms with van der Waals surface area (Å²) in [6, 6.07) is 12.0. The Morgan fingerprint density at radius 3 is 2.57 bits per heavy atom. The summed E-state index contributed by atoms with van der Waals surface area (Å²) < 4.78 is 1.75. The Labute approximate surface area is 136 Å². The first-order valence-electron chi connectivity index (χ1n) is 7.74. The molecule has 0 bridgehead atoms. The fourth-order valence-corrected chi connectivity index (χ4v) is 2.98. The van der Waals surface area contributed by atoms with Crippen LogP contribution in [0.1, 0.15) is 34.0 Å². The number of benzene rings is 2. The maximum absolute atomic E-state index is 13.0. The Kier molecular flexibility index (Phi) is 3.87. The molecule has 0 N–H and O–H groups in total. The van der Waals surface area contributed by atoms with Crippen LogP contribution in [0.25, 0.3) is 10.9 Å². The van der Waals surface area contributed by atoms with E-state index in [2.05, 4.69) is 4.99 Å². The fourth-order valence-electron chi connectivity index (χ4n) is 2.98. The highest BCUT2D eigenvalue weighted by atomic mass is 16.2. The van der Waals surface area contributed by atoms with Crippen LogP contribution < -0.4 is 0 Å². The molecule has 0 aliphatic heterocycles. The molecule has 1 aromatic heterocycles. The van der Waals surface area contributed by atoms with Crippen molar-refractivity contribution in [3.63, 3.8) is 0 Å². The SMILES string of the molecule is C/C=N/c1cc(C)c(C(=O)n2ccc3cccc(C)c32)cc1C. The maximum atomic E-state index is 13.0. The van der Waals surface area contributed by atoms with E-state index in [-0.39, 0.29) is 5.91 Å². The number of rotatable bonds is 2. The van der Waals surface area contributed by atoms with Crippen LogP contribution in [-0.4, -0.2) is 16.7 Å². The summed E-state index contributed by atoms with van der Waals surface area (Å²) in [7, 11) is 0. The minimum absolute atomic E-state index is 0.00179. The van der Waals surface area contributed by atoms with Crippen LogP contribution >= 0.6 is 0 Å². The smallest absolute Gasteiger partial charge is 0.262 e. The third-order valence-electron chi connectivity index (χ3n) is 4.17. The first kappa shape index (κ1) is 15.2. The molecular formula is C20H20N2O. The van der Waals surface area contributed by atoms with Crippen molar-refractivity contribution in [3.05, 3.63) is 64.8 Å². The van der Waals surface area contributed by atoms with Gasteiger partial charge >= 0.3 is 0 Å². The first-order chi connectivity index (χ1) is 11.0. The average Bonchev–Trinajstić information content (AvgIpc) is 2.95. The van der Waals surface area contributed by atoms with Gasteiger partial charge in [0.2, 0.25) is 0 Å². The monoisotopic (exact) mass is 304 g/mol. The second-order valence-corrected chi connectivity index (χ2v) is 5.84. The van der Waals surface area contributed by atoms with Crippen LogP contribution in [0.5, 0.6) is 0 Å². The molecule has 1 heterocycles. The Hall–Kier alpha value is -2.68. The van der Waals surface area contributed by atoms with Crippen LogP contribution in [0.3, 0.4) is 0 Å². The lowest BCUT2D eigenvalue weighted by Crippen LogP contribution is -2.13. The molecule has 23 heavy (non-hydrogen) atoms. The molecule has 3 heteroatoms. The Morgan fingerprint density at radius 1 is 1.04 bits per heavy atom. The molecule has 0 unspecified atom stereocenters. The van der Waals surface area contributed by atoms with E-state index in [4.69, 9.17) is 0 Å². The van der Waals surface area contributed by atoms with Gasteiger partial charge < -0.3 is 0 Å². The van der Waals surface area contributed by atoms with Gasteiger partial charge in [-0.25, -0.2) is 0 Å². The van der Waals surface area contributed by atoms with E-state index in [0.29, 0.717) is 0 Å². The molecule has 2 aromatic carbocycles. The predicted molar refractivity (Wildman–Crippen MR) is 96.1 cm³/mol. The highest BCUT2D eigenvalue weighted by molar-refractivity contribution is 6.04. The third kappa shape index (κ3) is 2.59. The summed E-state index contributed by atoms with van der Waals surface area (Å²) in [6.07, 6.45) is 3.62. The van der Waals surface area contributed by atoms with Crippen LogP contribution in [0.15, 0.2) is 47.6 Å². The van der Waals surface area contributed by atoms with Crippen molar-refractivity contribution < 1.29 is 4.79 Å². The van der Waals surface area contributed by atoms with Crippen LogP contribution in [-0.2, 0) is 0 Å². The van der Waals surface area contributed by atoms with E-state index in [1.165, 1.54) is 0 Å². The van der Waals surface area contributed by atoms with Crippen molar-refractivity contribution in [1.29, 1.82) is 0 Å². The first-order valence-corrected chi connectivity index (χ1v) is 7.74. The predicted octanol–water partition coefficient (Wildman–Crippen LogP) is 4.98. The number of hydrogen-bond donors (Lipinski definition) is 0. The van der Waals surface area contributed by atoms with Gasteiger partial charge in [-0.05, 0) is 62.6 Å². The number of hydrogen-bond acceptors (Lipinski definition) is 2. The fraction of sp³-hybridized carbons (Fsp3) is 0.200. The summed E-state index contributed by atoms with van der Waals surface area (Å²) in [5, 5.41) is 1.08. The van der Waals surface area contributed by atoms with Gasteiger partial charge in [-0.15, -0.1) is 0 Å². The molecular weight excluding hydrogens is 284 g/mol. The maximum Gasteiger partial charge on any atom is 0.262 e. The molecule has 0 atom stereocenters. The van der Waals surface area contributed by atoms with E-state index >= 15 is 0 Å². The number of nitrogens with zero attached hydrogens (tertiary/aromatic N) is 2. The van der Waals surface area contributed by atoms with Crippen molar-refractivity contribution in [1.82, 2.24) is 4.57 Å². The Bertz CT molecular complexity index is 932. The number of carbonyl (C=O) groups is 1. The van der Waals surface area contributed by atoms with Gasteiger partial charge in [-0.2, -0.15) is 0 Å². The largest absolute Gasteiger partial charge is 0.283 e. The minimum Gasteiger partial charge on any atom is -0.283 e. The molecule has 0 fully saturated rings. The van der Waals surface area contributed by atoms with Crippen LogP contribution in [0.2, 0.25) is 0 Å². The number of carbonyl (C=O) groups excluding carboxylic acids is 1. The zero-order valence-corrected chi connectivity index (χ0v) is 13.9. The summed E-state index contributed by atoms with van der Waals surface area (Å²) in [5.74, 6) is 0.00179. The molecule has 116 valence electrons. The molecule has 0 radical (unpaired) electrons. The zero-order chi connectivity index (χ0) is 16.6. The van der Waals surface area contributed by atoms with Gasteiger partial charge in [0.25, 0.3) is 5.91 Å². The Balaban J connectivity index is 2.15. The summed E-state index contributed by atoms with van der Waals surface area (Å²) in [5.41, 5.74) is 5.66. The molecule has 0 amide bonds. The molecule has 0 spiro atoms. The number of aryl methyl sites for hydroxylation is 3. The van der Waals surface area contributed by atoms with Crippen molar-refractivity contribution in [2.45, 2.75) is 27.7 Å². The molecule has 3 aromatic rings. The zero-order valence-electron chi connectivity index (χ0n) is 13.9. The summed E-state index contributed by atoms with van der Waals surface area (Å²) in [6.45, 7) is 7.86. The molecule has 3 rings (SSSR count).